The summed E-state index contributed by atoms with van der Waals surface area (Å²) in [4.78, 5) is 25.0. The number of hydrogen-bond acceptors (Lipinski definition) is 6. The molecule has 0 unspecified atom stereocenters. The second-order valence-electron chi connectivity index (χ2n) is 5.02. The summed E-state index contributed by atoms with van der Waals surface area (Å²) in [5.41, 5.74) is 5.63. The Morgan fingerprint density at radius 1 is 1.12 bits per heavy atom. The molecular weight excluding hydrogens is 358 g/mol. The van der Waals surface area contributed by atoms with Crippen molar-refractivity contribution in [3.8, 4) is 11.3 Å². The van der Waals surface area contributed by atoms with Gasteiger partial charge in [0.2, 0.25) is 5.91 Å². The van der Waals surface area contributed by atoms with Crippen molar-refractivity contribution in [2.24, 2.45) is 0 Å². The largest absolute Gasteiger partial charge is 0.355 e. The number of aromatic nitrogens is 1. The second-order valence-corrected chi connectivity index (χ2v) is 7.03. The first-order chi connectivity index (χ1) is 12.2. The summed E-state index contributed by atoms with van der Waals surface area (Å²) in [7, 11) is 0. The molecule has 2 amide bonds. The summed E-state index contributed by atoms with van der Waals surface area (Å²) in [5, 5.41) is 5.72. The van der Waals surface area contributed by atoms with Gasteiger partial charge in [0.1, 0.15) is 0 Å². The Hall–Kier alpha value is -2.58. The smallest absolute Gasteiger partial charge is 0.291 e. The fraction of sp³-hybridized carbons (Fsp3) is 0.118. The van der Waals surface area contributed by atoms with Gasteiger partial charge in [0.05, 0.1) is 5.75 Å². The summed E-state index contributed by atoms with van der Waals surface area (Å²) in [5.74, 6) is 0.711. The first kappa shape index (κ1) is 17.2. The zero-order chi connectivity index (χ0) is 17.5. The van der Waals surface area contributed by atoms with Gasteiger partial charge in [0, 0.05) is 22.3 Å². The Labute approximate surface area is 152 Å². The van der Waals surface area contributed by atoms with Crippen molar-refractivity contribution in [1.82, 2.24) is 16.0 Å². The van der Waals surface area contributed by atoms with Crippen molar-refractivity contribution in [3.05, 3.63) is 64.5 Å². The topological polar surface area (TPSA) is 84.2 Å². The molecule has 25 heavy (non-hydrogen) atoms. The van der Waals surface area contributed by atoms with E-state index in [4.69, 9.17) is 4.52 Å². The van der Waals surface area contributed by atoms with Gasteiger partial charge >= 0.3 is 0 Å². The second kappa shape index (κ2) is 8.50. The molecule has 0 aliphatic rings. The van der Waals surface area contributed by atoms with Crippen LogP contribution in [0.2, 0.25) is 0 Å². The van der Waals surface area contributed by atoms with E-state index in [-0.39, 0.29) is 17.4 Å². The molecule has 128 valence electrons. The maximum absolute atomic E-state index is 12.0. The predicted octanol–water partition coefficient (Wildman–Crippen LogP) is 3.10. The van der Waals surface area contributed by atoms with Crippen LogP contribution in [0.3, 0.4) is 0 Å². The van der Waals surface area contributed by atoms with Gasteiger partial charge in [-0.3, -0.25) is 20.4 Å². The van der Waals surface area contributed by atoms with Gasteiger partial charge in [-0.05, 0) is 11.4 Å². The van der Waals surface area contributed by atoms with E-state index in [9.17, 15) is 9.59 Å². The van der Waals surface area contributed by atoms with Gasteiger partial charge in [-0.25, -0.2) is 0 Å². The summed E-state index contributed by atoms with van der Waals surface area (Å²) in [6.07, 6.45) is 0. The molecule has 0 saturated carbocycles. The molecule has 0 atom stereocenters. The number of thiophene rings is 1. The number of benzene rings is 1. The minimum Gasteiger partial charge on any atom is -0.355 e. The molecule has 0 radical (unpaired) electrons. The molecule has 3 aromatic rings. The number of hydrazine groups is 1. The van der Waals surface area contributed by atoms with Crippen LogP contribution in [0.5, 0.6) is 0 Å². The zero-order valence-corrected chi connectivity index (χ0v) is 14.7. The molecular formula is C17H15N3O3S2. The molecule has 2 aromatic heterocycles. The summed E-state index contributed by atoms with van der Waals surface area (Å²) >= 11 is 3.13. The van der Waals surface area contributed by atoms with Crippen LogP contribution in [0.1, 0.15) is 15.4 Å². The van der Waals surface area contributed by atoms with E-state index in [1.165, 1.54) is 22.7 Å². The van der Waals surface area contributed by atoms with Crippen molar-refractivity contribution < 1.29 is 14.1 Å². The Morgan fingerprint density at radius 2 is 1.96 bits per heavy atom. The van der Waals surface area contributed by atoms with Crippen molar-refractivity contribution in [3.63, 3.8) is 0 Å². The van der Waals surface area contributed by atoms with Crippen LogP contribution >= 0.6 is 23.1 Å². The Balaban J connectivity index is 1.44. The first-order valence-corrected chi connectivity index (χ1v) is 9.47. The van der Waals surface area contributed by atoms with E-state index in [1.54, 1.807) is 11.3 Å². The van der Waals surface area contributed by atoms with Crippen LogP contribution in [-0.2, 0) is 10.5 Å². The number of hydrogen-bond donors (Lipinski definition) is 2. The number of thioether (sulfide) groups is 1. The number of nitrogens with zero attached hydrogens (tertiary/aromatic N) is 1. The molecule has 0 bridgehead atoms. The monoisotopic (exact) mass is 373 g/mol. The standard InChI is InChI=1S/C17H15N3O3S2/c21-16(11-24-10-13-7-4-8-25-13)18-19-17(22)14-9-15(23-20-14)12-5-2-1-3-6-12/h1-9H,10-11H2,(H,18,21)(H,19,22). The van der Waals surface area contributed by atoms with Crippen LogP contribution in [0, 0.1) is 0 Å². The van der Waals surface area contributed by atoms with Gasteiger partial charge in [-0.1, -0.05) is 41.6 Å². The summed E-state index contributed by atoms with van der Waals surface area (Å²) in [6, 6.07) is 14.9. The van der Waals surface area contributed by atoms with E-state index in [0.29, 0.717) is 5.76 Å². The fourth-order valence-corrected chi connectivity index (χ4v) is 3.65. The maximum Gasteiger partial charge on any atom is 0.291 e. The lowest BCUT2D eigenvalue weighted by atomic mass is 10.1. The molecule has 2 N–H and O–H groups in total. The number of carbonyl (C=O) groups excluding carboxylic acids is 2. The molecule has 0 spiro atoms. The normalized spacial score (nSPS) is 10.4. The van der Waals surface area contributed by atoms with E-state index >= 15 is 0 Å². The van der Waals surface area contributed by atoms with Gasteiger partial charge in [-0.15, -0.1) is 23.1 Å². The average Bonchev–Trinajstić information content (AvgIpc) is 3.32. The summed E-state index contributed by atoms with van der Waals surface area (Å²) in [6.45, 7) is 0. The third kappa shape index (κ3) is 4.94. The van der Waals surface area contributed by atoms with Gasteiger partial charge in [-0.2, -0.15) is 0 Å². The highest BCUT2D eigenvalue weighted by molar-refractivity contribution is 7.99. The molecule has 0 fully saturated rings. The molecule has 2 heterocycles. The van der Waals surface area contributed by atoms with Crippen molar-refractivity contribution >= 4 is 34.9 Å². The molecule has 0 aliphatic carbocycles. The molecule has 6 nitrogen and oxygen atoms in total. The Morgan fingerprint density at radius 3 is 2.72 bits per heavy atom. The number of carbonyl (C=O) groups is 2. The molecule has 0 aliphatic heterocycles. The third-order valence-electron chi connectivity index (χ3n) is 3.17. The molecule has 8 heteroatoms. The van der Waals surface area contributed by atoms with E-state index in [1.807, 2.05) is 47.8 Å². The lowest BCUT2D eigenvalue weighted by Crippen LogP contribution is -2.42. The SMILES string of the molecule is O=C(CSCc1cccs1)NNC(=O)c1cc(-c2ccccc2)on1. The maximum atomic E-state index is 12.0. The lowest BCUT2D eigenvalue weighted by Gasteiger charge is -2.05. The molecule has 3 rings (SSSR count). The highest BCUT2D eigenvalue weighted by Gasteiger charge is 2.14. The quantitative estimate of drug-likeness (QED) is 0.649. The number of rotatable bonds is 6. The van der Waals surface area contributed by atoms with Crippen molar-refractivity contribution in [2.45, 2.75) is 5.75 Å². The number of nitrogens with one attached hydrogen (secondary N) is 2. The third-order valence-corrected chi connectivity index (χ3v) is 5.21. The minimum atomic E-state index is -0.525. The number of amides is 2. The van der Waals surface area contributed by atoms with Crippen LogP contribution in [0.15, 0.2) is 58.4 Å². The Bertz CT molecular complexity index is 832. The first-order valence-electron chi connectivity index (χ1n) is 7.44. The molecule has 0 saturated heterocycles. The minimum absolute atomic E-state index is 0.102. The van der Waals surface area contributed by atoms with Gasteiger partial charge < -0.3 is 4.52 Å². The predicted molar refractivity (Wildman–Crippen MR) is 98.0 cm³/mol. The van der Waals surface area contributed by atoms with Crippen LogP contribution < -0.4 is 10.9 Å². The summed E-state index contributed by atoms with van der Waals surface area (Å²) < 4.78 is 5.16. The zero-order valence-electron chi connectivity index (χ0n) is 13.1. The Kier molecular flexibility index (Phi) is 5.86. The fourth-order valence-electron chi connectivity index (χ4n) is 1.99. The molecule has 1 aromatic carbocycles. The lowest BCUT2D eigenvalue weighted by molar-refractivity contribution is -0.119. The van der Waals surface area contributed by atoms with Crippen LogP contribution in [0.25, 0.3) is 11.3 Å². The highest BCUT2D eigenvalue weighted by atomic mass is 32.2. The van der Waals surface area contributed by atoms with E-state index < -0.39 is 5.91 Å². The van der Waals surface area contributed by atoms with Crippen molar-refractivity contribution in [2.75, 3.05) is 5.75 Å². The van der Waals surface area contributed by atoms with E-state index in [0.717, 1.165) is 11.3 Å². The van der Waals surface area contributed by atoms with E-state index in [2.05, 4.69) is 16.0 Å². The van der Waals surface area contributed by atoms with Crippen LogP contribution in [-0.4, -0.2) is 22.7 Å². The van der Waals surface area contributed by atoms with Gasteiger partial charge in [0.15, 0.2) is 11.5 Å². The van der Waals surface area contributed by atoms with Gasteiger partial charge in [0.25, 0.3) is 5.91 Å². The van der Waals surface area contributed by atoms with Crippen molar-refractivity contribution in [1.29, 1.82) is 0 Å². The highest BCUT2D eigenvalue weighted by Crippen LogP contribution is 2.19. The van der Waals surface area contributed by atoms with Crippen LogP contribution in [0.4, 0.5) is 0 Å². The average molecular weight is 373 g/mol.